The van der Waals surface area contributed by atoms with Crippen LogP contribution in [-0.4, -0.2) is 54.6 Å². The highest BCUT2D eigenvalue weighted by Crippen LogP contribution is 2.34. The first-order chi connectivity index (χ1) is 16.3. The predicted octanol–water partition coefficient (Wildman–Crippen LogP) is 3.00. The van der Waals surface area contributed by atoms with Gasteiger partial charge in [0.25, 0.3) is 5.91 Å². The van der Waals surface area contributed by atoms with Crippen LogP contribution in [0.2, 0.25) is 0 Å². The lowest BCUT2D eigenvalue weighted by Crippen LogP contribution is -2.35. The summed E-state index contributed by atoms with van der Waals surface area (Å²) < 4.78 is 5.35. The molecule has 0 radical (unpaired) electrons. The number of hydrogen-bond donors (Lipinski definition) is 2. The van der Waals surface area contributed by atoms with Crippen molar-refractivity contribution < 1.29 is 14.4 Å². The SMILES string of the molecule is Cc1nccc(Nc2nccc(-c3cccc(-c4cc([C@]5(O)CCN(C)C5=O)on4)n3)n2)c1C. The maximum absolute atomic E-state index is 12.4. The van der Waals surface area contributed by atoms with E-state index in [0.29, 0.717) is 35.3 Å². The van der Waals surface area contributed by atoms with Gasteiger partial charge in [0, 0.05) is 49.9 Å². The van der Waals surface area contributed by atoms with Crippen molar-refractivity contribution in [1.82, 2.24) is 30.0 Å². The van der Waals surface area contributed by atoms with Gasteiger partial charge in [-0.2, -0.15) is 0 Å². The van der Waals surface area contributed by atoms with E-state index < -0.39 is 11.5 Å². The Balaban J connectivity index is 1.42. The summed E-state index contributed by atoms with van der Waals surface area (Å²) in [5.41, 5.74) is 3.32. The molecule has 10 heteroatoms. The lowest BCUT2D eigenvalue weighted by atomic mass is 9.98. The Hall–Kier alpha value is -4.18. The molecule has 5 rings (SSSR count). The topological polar surface area (TPSA) is 130 Å². The molecular weight excluding hydrogens is 434 g/mol. The van der Waals surface area contributed by atoms with E-state index >= 15 is 0 Å². The zero-order valence-corrected chi connectivity index (χ0v) is 19.0. The Morgan fingerprint density at radius 2 is 1.76 bits per heavy atom. The van der Waals surface area contributed by atoms with Crippen molar-refractivity contribution >= 4 is 17.5 Å². The van der Waals surface area contributed by atoms with Crippen LogP contribution >= 0.6 is 0 Å². The van der Waals surface area contributed by atoms with Crippen LogP contribution in [0.25, 0.3) is 22.8 Å². The minimum atomic E-state index is -1.70. The van der Waals surface area contributed by atoms with E-state index in [-0.39, 0.29) is 12.2 Å². The number of aryl methyl sites for hydroxylation is 1. The number of aromatic nitrogens is 5. The molecule has 2 N–H and O–H groups in total. The molecule has 172 valence electrons. The summed E-state index contributed by atoms with van der Waals surface area (Å²) in [5.74, 6) is 0.145. The fourth-order valence-electron chi connectivity index (χ4n) is 3.85. The molecule has 1 saturated heterocycles. The molecule has 1 atom stereocenters. The summed E-state index contributed by atoms with van der Waals surface area (Å²) in [5, 5.41) is 18.1. The zero-order chi connectivity index (χ0) is 23.9. The summed E-state index contributed by atoms with van der Waals surface area (Å²) in [6.07, 6.45) is 3.64. The number of likely N-dealkylation sites (N-methyl/N-ethyl adjacent to an activating group) is 1. The Bertz CT molecular complexity index is 1390. The van der Waals surface area contributed by atoms with Gasteiger partial charge < -0.3 is 19.8 Å². The maximum Gasteiger partial charge on any atom is 0.262 e. The van der Waals surface area contributed by atoms with Crippen LogP contribution in [0.5, 0.6) is 0 Å². The number of likely N-dealkylation sites (tertiary alicyclic amines) is 1. The van der Waals surface area contributed by atoms with Gasteiger partial charge in [0.2, 0.25) is 11.5 Å². The number of pyridine rings is 2. The monoisotopic (exact) mass is 457 g/mol. The van der Waals surface area contributed by atoms with Crippen molar-refractivity contribution in [2.45, 2.75) is 25.9 Å². The number of rotatable bonds is 5. The summed E-state index contributed by atoms with van der Waals surface area (Å²) in [6.45, 7) is 4.38. The van der Waals surface area contributed by atoms with E-state index in [1.807, 2.05) is 32.0 Å². The van der Waals surface area contributed by atoms with Crippen LogP contribution in [-0.2, 0) is 10.4 Å². The average Bonchev–Trinajstić information content (AvgIpc) is 3.45. The lowest BCUT2D eigenvalue weighted by molar-refractivity contribution is -0.144. The number of nitrogens with zero attached hydrogens (tertiary/aromatic N) is 6. The minimum Gasteiger partial charge on any atom is -0.373 e. The molecule has 1 amide bonds. The van der Waals surface area contributed by atoms with E-state index in [9.17, 15) is 9.90 Å². The number of hydrogen-bond acceptors (Lipinski definition) is 9. The van der Waals surface area contributed by atoms with Crippen molar-refractivity contribution in [3.05, 3.63) is 65.8 Å². The molecule has 0 unspecified atom stereocenters. The molecule has 4 aromatic rings. The summed E-state index contributed by atoms with van der Waals surface area (Å²) >= 11 is 0. The van der Waals surface area contributed by atoms with Gasteiger partial charge in [0.05, 0.1) is 17.1 Å². The third kappa shape index (κ3) is 3.77. The highest BCUT2D eigenvalue weighted by Gasteiger charge is 2.48. The van der Waals surface area contributed by atoms with Crippen molar-refractivity contribution in [2.75, 3.05) is 18.9 Å². The number of aliphatic hydroxyl groups is 1. The van der Waals surface area contributed by atoms with Crippen LogP contribution < -0.4 is 5.32 Å². The quantitative estimate of drug-likeness (QED) is 0.464. The molecule has 1 aliphatic rings. The van der Waals surface area contributed by atoms with Gasteiger partial charge in [0.1, 0.15) is 5.69 Å². The summed E-state index contributed by atoms with van der Waals surface area (Å²) in [7, 11) is 1.64. The third-order valence-electron chi connectivity index (χ3n) is 6.06. The zero-order valence-electron chi connectivity index (χ0n) is 19.0. The van der Waals surface area contributed by atoms with Crippen molar-refractivity contribution in [2.24, 2.45) is 0 Å². The van der Waals surface area contributed by atoms with E-state index in [4.69, 9.17) is 4.52 Å². The van der Waals surface area contributed by atoms with Crippen LogP contribution in [0.4, 0.5) is 11.6 Å². The Labute approximate surface area is 195 Å². The van der Waals surface area contributed by atoms with E-state index in [1.165, 1.54) is 4.90 Å². The normalized spacial score (nSPS) is 17.9. The van der Waals surface area contributed by atoms with Crippen LogP contribution in [0, 0.1) is 13.8 Å². The maximum atomic E-state index is 12.4. The first kappa shape index (κ1) is 21.7. The van der Waals surface area contributed by atoms with Gasteiger partial charge in [0.15, 0.2) is 5.76 Å². The molecule has 0 spiro atoms. The standard InChI is InChI=1S/C24H23N7O3/c1-14-15(2)25-10-7-16(14)28-23-26-11-8-19(29-23)17-5-4-6-18(27-17)20-13-21(34-30-20)24(33)9-12-31(3)22(24)32/h4-8,10-11,13,33H,9,12H2,1-3H3,(H,25,26,28,29)/t24-/m1/s1. The van der Waals surface area contributed by atoms with Gasteiger partial charge in [-0.25, -0.2) is 15.0 Å². The van der Waals surface area contributed by atoms with Gasteiger partial charge >= 0.3 is 0 Å². The molecule has 0 saturated carbocycles. The molecular formula is C24H23N7O3. The second kappa shape index (κ2) is 8.31. The number of amides is 1. The number of carbonyl (C=O) groups is 1. The fourth-order valence-corrected chi connectivity index (χ4v) is 3.85. The largest absolute Gasteiger partial charge is 0.373 e. The molecule has 0 bridgehead atoms. The third-order valence-corrected chi connectivity index (χ3v) is 6.06. The average molecular weight is 457 g/mol. The fraction of sp³-hybridized carbons (Fsp3) is 0.250. The van der Waals surface area contributed by atoms with Crippen LogP contribution in [0.1, 0.15) is 23.4 Å². The van der Waals surface area contributed by atoms with Gasteiger partial charge in [-0.15, -0.1) is 0 Å². The van der Waals surface area contributed by atoms with E-state index in [2.05, 4.69) is 30.4 Å². The Morgan fingerprint density at radius 1 is 1.03 bits per heavy atom. The predicted molar refractivity (Wildman–Crippen MR) is 124 cm³/mol. The van der Waals surface area contributed by atoms with E-state index in [1.54, 1.807) is 37.6 Å². The van der Waals surface area contributed by atoms with E-state index in [0.717, 1.165) is 16.9 Å². The number of nitrogens with one attached hydrogen (secondary N) is 1. The summed E-state index contributed by atoms with van der Waals surface area (Å²) in [4.78, 5) is 31.7. The first-order valence-electron chi connectivity index (χ1n) is 10.8. The molecule has 5 heterocycles. The van der Waals surface area contributed by atoms with Gasteiger partial charge in [-0.05, 0) is 43.7 Å². The molecule has 1 fully saturated rings. The molecule has 0 aromatic carbocycles. The second-order valence-corrected chi connectivity index (χ2v) is 8.28. The smallest absolute Gasteiger partial charge is 0.262 e. The molecule has 1 aliphatic heterocycles. The number of anilines is 2. The number of carbonyl (C=O) groups excluding carboxylic acids is 1. The molecule has 10 nitrogen and oxygen atoms in total. The van der Waals surface area contributed by atoms with Crippen molar-refractivity contribution in [1.29, 1.82) is 0 Å². The lowest BCUT2D eigenvalue weighted by Gasteiger charge is -2.16. The molecule has 4 aromatic heterocycles. The Morgan fingerprint density at radius 3 is 2.53 bits per heavy atom. The molecule has 34 heavy (non-hydrogen) atoms. The van der Waals surface area contributed by atoms with Crippen LogP contribution in [0.3, 0.4) is 0 Å². The summed E-state index contributed by atoms with van der Waals surface area (Å²) in [6, 6.07) is 10.7. The van der Waals surface area contributed by atoms with Crippen molar-refractivity contribution in [3.8, 4) is 22.8 Å². The van der Waals surface area contributed by atoms with Gasteiger partial charge in [-0.3, -0.25) is 9.78 Å². The van der Waals surface area contributed by atoms with Crippen LogP contribution in [0.15, 0.2) is 53.3 Å². The first-order valence-corrected chi connectivity index (χ1v) is 10.8. The van der Waals surface area contributed by atoms with Gasteiger partial charge in [-0.1, -0.05) is 11.2 Å². The van der Waals surface area contributed by atoms with Crippen molar-refractivity contribution in [3.63, 3.8) is 0 Å². The molecule has 0 aliphatic carbocycles. The second-order valence-electron chi connectivity index (χ2n) is 8.28. The Kier molecular flexibility index (Phi) is 5.29. The minimum absolute atomic E-state index is 0.112. The highest BCUT2D eigenvalue weighted by molar-refractivity contribution is 5.87. The highest BCUT2D eigenvalue weighted by atomic mass is 16.5.